The van der Waals surface area contributed by atoms with Crippen molar-refractivity contribution >= 4 is 23.4 Å². The van der Waals surface area contributed by atoms with Crippen LogP contribution >= 0.6 is 11.8 Å². The third kappa shape index (κ3) is 3.81. The fourth-order valence-corrected chi connectivity index (χ4v) is 4.61. The minimum Gasteiger partial charge on any atom is -0.349 e. The van der Waals surface area contributed by atoms with Crippen LogP contribution < -0.4 is 5.32 Å². The van der Waals surface area contributed by atoms with Crippen molar-refractivity contribution in [3.63, 3.8) is 0 Å². The van der Waals surface area contributed by atoms with Gasteiger partial charge in [-0.15, -0.1) is 16.9 Å². The Morgan fingerprint density at radius 1 is 1.28 bits per heavy atom. The van der Waals surface area contributed by atoms with Crippen molar-refractivity contribution in [1.29, 1.82) is 0 Å². The van der Waals surface area contributed by atoms with Crippen LogP contribution in [0.5, 0.6) is 0 Å². The Labute approximate surface area is 168 Å². The highest BCUT2D eigenvalue weighted by atomic mass is 32.2. The van der Waals surface area contributed by atoms with Crippen molar-refractivity contribution < 1.29 is 18.0 Å². The van der Waals surface area contributed by atoms with E-state index in [2.05, 4.69) is 20.4 Å². The minimum atomic E-state index is -4.65. The molecule has 1 unspecified atom stereocenters. The summed E-state index contributed by atoms with van der Waals surface area (Å²) in [6, 6.07) is 7.87. The molecule has 6 nitrogen and oxygen atoms in total. The van der Waals surface area contributed by atoms with Gasteiger partial charge in [-0.2, -0.15) is 18.2 Å². The first-order valence-corrected chi connectivity index (χ1v) is 10.0. The molecule has 1 aliphatic rings. The van der Waals surface area contributed by atoms with Crippen LogP contribution in [0.2, 0.25) is 0 Å². The average molecular weight is 421 g/mol. The van der Waals surface area contributed by atoms with Crippen LogP contribution in [0.4, 0.5) is 13.2 Å². The lowest BCUT2D eigenvalue weighted by Crippen LogP contribution is -2.32. The fraction of sp³-hybridized carbons (Fsp3) is 0.368. The summed E-state index contributed by atoms with van der Waals surface area (Å²) in [7, 11) is 0. The van der Waals surface area contributed by atoms with E-state index in [1.807, 2.05) is 24.3 Å². The van der Waals surface area contributed by atoms with Gasteiger partial charge in [-0.1, -0.05) is 18.2 Å². The second-order valence-corrected chi connectivity index (χ2v) is 8.01. The van der Waals surface area contributed by atoms with E-state index in [9.17, 15) is 18.0 Å². The van der Waals surface area contributed by atoms with E-state index < -0.39 is 12.0 Å². The maximum Gasteiger partial charge on any atom is 0.453 e. The third-order valence-electron chi connectivity index (χ3n) is 4.93. The maximum atomic E-state index is 12.9. The molecule has 4 rings (SSSR count). The van der Waals surface area contributed by atoms with Crippen LogP contribution in [0.3, 0.4) is 0 Å². The van der Waals surface area contributed by atoms with E-state index in [0.29, 0.717) is 17.0 Å². The number of aromatic nitrogens is 4. The molecule has 0 radical (unpaired) electrons. The first kappa shape index (κ1) is 19.7. The zero-order valence-electron chi connectivity index (χ0n) is 15.7. The number of fused-ring (bicyclic) bond motifs is 2. The van der Waals surface area contributed by atoms with Gasteiger partial charge >= 0.3 is 6.18 Å². The smallest absolute Gasteiger partial charge is 0.349 e. The highest BCUT2D eigenvalue weighted by Gasteiger charge is 2.37. The van der Waals surface area contributed by atoms with Gasteiger partial charge in [-0.05, 0) is 31.9 Å². The summed E-state index contributed by atoms with van der Waals surface area (Å²) < 4.78 is 39.8. The molecule has 0 saturated carbocycles. The van der Waals surface area contributed by atoms with E-state index in [-0.39, 0.29) is 24.1 Å². The van der Waals surface area contributed by atoms with Crippen LogP contribution in [0.15, 0.2) is 29.2 Å². The van der Waals surface area contributed by atoms with Gasteiger partial charge in [0.05, 0.1) is 12.5 Å². The number of hydrogen-bond acceptors (Lipinski definition) is 5. The number of carbonyl (C=O) groups is 1. The van der Waals surface area contributed by atoms with Gasteiger partial charge < -0.3 is 5.32 Å². The molecule has 1 aromatic carbocycles. The van der Waals surface area contributed by atoms with Crippen LogP contribution in [0, 0.1) is 13.8 Å². The van der Waals surface area contributed by atoms with Crippen LogP contribution in [0.1, 0.15) is 40.8 Å². The first-order valence-electron chi connectivity index (χ1n) is 9.05. The van der Waals surface area contributed by atoms with Gasteiger partial charge in [-0.3, -0.25) is 4.79 Å². The van der Waals surface area contributed by atoms with Crippen molar-refractivity contribution in [2.24, 2.45) is 0 Å². The number of carbonyl (C=O) groups excluding carboxylic acids is 1. The maximum absolute atomic E-state index is 12.9. The highest BCUT2D eigenvalue weighted by molar-refractivity contribution is 7.99. The number of rotatable bonds is 3. The van der Waals surface area contributed by atoms with Crippen molar-refractivity contribution in [3.8, 4) is 0 Å². The lowest BCUT2D eigenvalue weighted by atomic mass is 10.0. The molecule has 1 amide bonds. The van der Waals surface area contributed by atoms with Gasteiger partial charge in [-0.25, -0.2) is 9.50 Å². The fourth-order valence-electron chi connectivity index (χ4n) is 3.48. The summed E-state index contributed by atoms with van der Waals surface area (Å²) in [5.74, 6) is -0.674. The highest BCUT2D eigenvalue weighted by Crippen LogP contribution is 2.35. The zero-order valence-corrected chi connectivity index (χ0v) is 16.6. The lowest BCUT2D eigenvalue weighted by Gasteiger charge is -2.26. The summed E-state index contributed by atoms with van der Waals surface area (Å²) in [6.07, 6.45) is -3.83. The predicted molar refractivity (Wildman–Crippen MR) is 102 cm³/mol. The molecule has 152 valence electrons. The molecule has 10 heteroatoms. The SMILES string of the molecule is Cc1nc2nc(C(F)(F)F)nn2c(C)c1CC(=O)NC1CCSc2ccccc21. The molecule has 2 aromatic heterocycles. The molecular weight excluding hydrogens is 403 g/mol. The van der Waals surface area contributed by atoms with Gasteiger partial charge in [0.2, 0.25) is 5.91 Å². The molecule has 0 aliphatic carbocycles. The number of thioether (sulfide) groups is 1. The normalized spacial score (nSPS) is 16.7. The van der Waals surface area contributed by atoms with E-state index in [4.69, 9.17) is 0 Å². The van der Waals surface area contributed by atoms with E-state index in [1.54, 1.807) is 25.6 Å². The Balaban J connectivity index is 1.59. The predicted octanol–water partition coefficient (Wildman–Crippen LogP) is 3.66. The molecule has 3 heterocycles. The minimum absolute atomic E-state index is 0.00757. The zero-order chi connectivity index (χ0) is 20.8. The summed E-state index contributed by atoms with van der Waals surface area (Å²) in [6.45, 7) is 3.27. The second kappa shape index (κ2) is 7.33. The molecule has 0 saturated heterocycles. The molecule has 29 heavy (non-hydrogen) atoms. The number of nitrogens with zero attached hydrogens (tertiary/aromatic N) is 4. The number of hydrogen-bond donors (Lipinski definition) is 1. The molecule has 1 atom stereocenters. The monoisotopic (exact) mass is 421 g/mol. The average Bonchev–Trinajstić information content (AvgIpc) is 3.10. The second-order valence-electron chi connectivity index (χ2n) is 6.88. The molecule has 0 fully saturated rings. The van der Waals surface area contributed by atoms with Gasteiger partial charge in [0.1, 0.15) is 0 Å². The summed E-state index contributed by atoms with van der Waals surface area (Å²) in [5, 5.41) is 6.57. The standard InChI is InChI=1S/C19H18F3N5OS/c1-10-13(11(2)27-18(23-10)25-17(26-27)19(20,21)22)9-16(28)24-14-7-8-29-15-6-4-3-5-12(14)15/h3-6,14H,7-9H2,1-2H3,(H,24,28). The van der Waals surface area contributed by atoms with Crippen molar-refractivity contribution in [2.75, 3.05) is 5.75 Å². The Bertz CT molecular complexity index is 1100. The first-order chi connectivity index (χ1) is 13.7. The van der Waals surface area contributed by atoms with E-state index >= 15 is 0 Å². The van der Waals surface area contributed by atoms with Gasteiger partial charge in [0, 0.05) is 27.6 Å². The number of aryl methyl sites for hydroxylation is 2. The molecule has 0 bridgehead atoms. The van der Waals surface area contributed by atoms with Crippen molar-refractivity contribution in [2.45, 2.75) is 43.8 Å². The Kier molecular flexibility index (Phi) is 4.97. The van der Waals surface area contributed by atoms with Crippen LogP contribution in [0.25, 0.3) is 5.78 Å². The molecule has 3 aromatic rings. The summed E-state index contributed by atoms with van der Waals surface area (Å²) in [4.78, 5) is 21.4. The number of halogens is 3. The Hall–Kier alpha value is -2.62. The Morgan fingerprint density at radius 3 is 2.79 bits per heavy atom. The molecule has 1 N–H and O–H groups in total. The van der Waals surface area contributed by atoms with Crippen molar-refractivity contribution in [3.05, 3.63) is 52.6 Å². The summed E-state index contributed by atoms with van der Waals surface area (Å²) >= 11 is 1.76. The van der Waals surface area contributed by atoms with Gasteiger partial charge in [0.15, 0.2) is 0 Å². The van der Waals surface area contributed by atoms with Crippen molar-refractivity contribution in [1.82, 2.24) is 24.9 Å². The number of nitrogens with one attached hydrogen (secondary N) is 1. The quantitative estimate of drug-likeness (QED) is 0.699. The van der Waals surface area contributed by atoms with Crippen LogP contribution in [-0.4, -0.2) is 31.2 Å². The topological polar surface area (TPSA) is 72.2 Å². The van der Waals surface area contributed by atoms with Gasteiger partial charge in [0.25, 0.3) is 11.6 Å². The number of amides is 1. The molecule has 1 aliphatic heterocycles. The number of alkyl halides is 3. The summed E-state index contributed by atoms with van der Waals surface area (Å²) in [5.41, 5.74) is 2.52. The van der Waals surface area contributed by atoms with Crippen LogP contribution in [-0.2, 0) is 17.4 Å². The largest absolute Gasteiger partial charge is 0.453 e. The lowest BCUT2D eigenvalue weighted by molar-refractivity contribution is -0.144. The van der Waals surface area contributed by atoms with E-state index in [1.165, 1.54) is 0 Å². The number of benzene rings is 1. The Morgan fingerprint density at radius 2 is 2.03 bits per heavy atom. The molecule has 0 spiro atoms. The third-order valence-corrected chi connectivity index (χ3v) is 6.06. The van der Waals surface area contributed by atoms with E-state index in [0.717, 1.165) is 27.1 Å². The molecular formula is C19H18F3N5OS.